The van der Waals surface area contributed by atoms with Crippen molar-refractivity contribution in [2.45, 2.75) is 13.3 Å². The van der Waals surface area contributed by atoms with Crippen LogP contribution in [0.5, 0.6) is 0 Å². The lowest BCUT2D eigenvalue weighted by atomic mass is 10.3. The van der Waals surface area contributed by atoms with Crippen LogP contribution in [0.2, 0.25) is 0 Å². The zero-order valence-electron chi connectivity index (χ0n) is 10.2. The molecule has 1 aliphatic rings. The largest absolute Gasteiger partial charge is 0.355 e. The number of carbonyl (C=O) groups is 1. The maximum Gasteiger partial charge on any atom is 0.234 e. The Morgan fingerprint density at radius 2 is 1.94 bits per heavy atom. The summed E-state index contributed by atoms with van der Waals surface area (Å²) >= 11 is 0. The van der Waals surface area contributed by atoms with Crippen LogP contribution in [-0.4, -0.2) is 68.1 Å². The Balaban J connectivity index is 2.27. The Morgan fingerprint density at radius 1 is 1.25 bits per heavy atom. The molecule has 1 fully saturated rings. The normalized spacial score (nSPS) is 19.4. The van der Waals surface area contributed by atoms with Gasteiger partial charge in [0.05, 0.1) is 6.54 Å². The first-order valence-electron chi connectivity index (χ1n) is 6.17. The van der Waals surface area contributed by atoms with Gasteiger partial charge in [-0.2, -0.15) is 0 Å². The van der Waals surface area contributed by atoms with Crippen molar-refractivity contribution < 1.29 is 4.79 Å². The molecule has 1 rings (SSSR count). The van der Waals surface area contributed by atoms with Gasteiger partial charge in [0.1, 0.15) is 0 Å². The van der Waals surface area contributed by atoms with Crippen LogP contribution < -0.4 is 11.1 Å². The van der Waals surface area contributed by atoms with E-state index in [1.54, 1.807) is 0 Å². The molecule has 0 aromatic heterocycles. The van der Waals surface area contributed by atoms with E-state index in [4.69, 9.17) is 5.73 Å². The van der Waals surface area contributed by atoms with Gasteiger partial charge in [-0.1, -0.05) is 0 Å². The fourth-order valence-electron chi connectivity index (χ4n) is 2.04. The van der Waals surface area contributed by atoms with E-state index in [1.807, 2.05) is 6.92 Å². The summed E-state index contributed by atoms with van der Waals surface area (Å²) in [6.07, 6.45) is 1.12. The van der Waals surface area contributed by atoms with Gasteiger partial charge >= 0.3 is 0 Å². The highest BCUT2D eigenvalue weighted by Gasteiger charge is 2.15. The second-order valence-electron chi connectivity index (χ2n) is 4.21. The van der Waals surface area contributed by atoms with Gasteiger partial charge in [-0.15, -0.1) is 0 Å². The maximum absolute atomic E-state index is 11.4. The third-order valence-corrected chi connectivity index (χ3v) is 2.87. The summed E-state index contributed by atoms with van der Waals surface area (Å²) in [5, 5.41) is 2.84. The second kappa shape index (κ2) is 7.60. The molecule has 94 valence electrons. The van der Waals surface area contributed by atoms with Crippen molar-refractivity contribution in [2.75, 3.05) is 52.4 Å². The molecular formula is C11H24N4O. The van der Waals surface area contributed by atoms with Crippen LogP contribution in [0.1, 0.15) is 13.3 Å². The Morgan fingerprint density at radius 3 is 2.62 bits per heavy atom. The highest BCUT2D eigenvalue weighted by molar-refractivity contribution is 5.77. The summed E-state index contributed by atoms with van der Waals surface area (Å²) in [6, 6.07) is 0. The molecule has 5 nitrogen and oxygen atoms in total. The molecule has 1 aliphatic heterocycles. The number of likely N-dealkylation sites (N-methyl/N-ethyl adjacent to an activating group) is 1. The predicted octanol–water partition coefficient (Wildman–Crippen LogP) is -0.911. The van der Waals surface area contributed by atoms with Crippen molar-refractivity contribution in [3.63, 3.8) is 0 Å². The first-order chi connectivity index (χ1) is 7.76. The molecule has 0 atom stereocenters. The molecular weight excluding hydrogens is 204 g/mol. The predicted molar refractivity (Wildman–Crippen MR) is 65.2 cm³/mol. The number of nitrogens with two attached hydrogens (primary N) is 1. The van der Waals surface area contributed by atoms with Crippen molar-refractivity contribution in [2.24, 2.45) is 5.73 Å². The quantitative estimate of drug-likeness (QED) is 0.639. The molecule has 0 saturated carbocycles. The first kappa shape index (κ1) is 13.4. The zero-order valence-corrected chi connectivity index (χ0v) is 10.2. The molecule has 0 aromatic carbocycles. The Hall–Kier alpha value is -0.650. The zero-order chi connectivity index (χ0) is 11.8. The summed E-state index contributed by atoms with van der Waals surface area (Å²) < 4.78 is 0. The van der Waals surface area contributed by atoms with Crippen LogP contribution in [0, 0.1) is 0 Å². The fourth-order valence-corrected chi connectivity index (χ4v) is 2.04. The first-order valence-corrected chi connectivity index (χ1v) is 6.17. The highest BCUT2D eigenvalue weighted by atomic mass is 16.2. The smallest absolute Gasteiger partial charge is 0.234 e. The Bertz CT molecular complexity index is 210. The van der Waals surface area contributed by atoms with Gasteiger partial charge in [-0.25, -0.2) is 0 Å². The lowest BCUT2D eigenvalue weighted by molar-refractivity contribution is -0.122. The summed E-state index contributed by atoms with van der Waals surface area (Å²) in [5.41, 5.74) is 5.55. The number of hydrogen-bond donors (Lipinski definition) is 2. The van der Waals surface area contributed by atoms with Crippen LogP contribution in [0.25, 0.3) is 0 Å². The third-order valence-electron chi connectivity index (χ3n) is 2.87. The standard InChI is InChI=1S/C11H24N4O/c1-2-13-11(16)10-15-6-3-5-14(7-4-12)8-9-15/h2-10,12H2,1H3,(H,13,16). The average molecular weight is 228 g/mol. The number of nitrogens with one attached hydrogen (secondary N) is 1. The van der Waals surface area contributed by atoms with E-state index in [0.717, 1.165) is 45.7 Å². The summed E-state index contributed by atoms with van der Waals surface area (Å²) in [6.45, 7) is 8.99. The van der Waals surface area contributed by atoms with Crippen LogP contribution in [0.15, 0.2) is 0 Å². The van der Waals surface area contributed by atoms with Crippen molar-refractivity contribution in [1.82, 2.24) is 15.1 Å². The lowest BCUT2D eigenvalue weighted by Gasteiger charge is -2.20. The topological polar surface area (TPSA) is 61.6 Å². The molecule has 1 amide bonds. The van der Waals surface area contributed by atoms with Gasteiger partial charge < -0.3 is 16.0 Å². The molecule has 1 heterocycles. The highest BCUT2D eigenvalue weighted by Crippen LogP contribution is 2.01. The van der Waals surface area contributed by atoms with Gasteiger partial charge in [-0.05, 0) is 26.4 Å². The van der Waals surface area contributed by atoms with E-state index < -0.39 is 0 Å². The Kier molecular flexibility index (Phi) is 6.37. The number of hydrogen-bond acceptors (Lipinski definition) is 4. The summed E-state index contributed by atoms with van der Waals surface area (Å²) in [4.78, 5) is 16.0. The molecule has 0 aromatic rings. The van der Waals surface area contributed by atoms with Crippen molar-refractivity contribution in [3.05, 3.63) is 0 Å². The van der Waals surface area contributed by atoms with Crippen LogP contribution in [-0.2, 0) is 4.79 Å². The molecule has 1 saturated heterocycles. The van der Waals surface area contributed by atoms with E-state index in [9.17, 15) is 4.79 Å². The van der Waals surface area contributed by atoms with Gasteiger partial charge in [0.15, 0.2) is 0 Å². The van der Waals surface area contributed by atoms with E-state index in [2.05, 4.69) is 15.1 Å². The molecule has 0 aliphatic carbocycles. The minimum absolute atomic E-state index is 0.134. The summed E-state index contributed by atoms with van der Waals surface area (Å²) in [5.74, 6) is 0.134. The van der Waals surface area contributed by atoms with E-state index in [0.29, 0.717) is 13.1 Å². The molecule has 0 spiro atoms. The van der Waals surface area contributed by atoms with Crippen LogP contribution >= 0.6 is 0 Å². The molecule has 16 heavy (non-hydrogen) atoms. The second-order valence-corrected chi connectivity index (χ2v) is 4.21. The minimum atomic E-state index is 0.134. The fraction of sp³-hybridized carbons (Fsp3) is 0.909. The SMILES string of the molecule is CCNC(=O)CN1CCCN(CCN)CC1. The van der Waals surface area contributed by atoms with Crippen molar-refractivity contribution in [3.8, 4) is 0 Å². The van der Waals surface area contributed by atoms with Crippen LogP contribution in [0.4, 0.5) is 0 Å². The maximum atomic E-state index is 11.4. The third kappa shape index (κ3) is 4.92. The summed E-state index contributed by atoms with van der Waals surface area (Å²) in [7, 11) is 0. The molecule has 5 heteroatoms. The van der Waals surface area contributed by atoms with Gasteiger partial charge in [0.2, 0.25) is 5.91 Å². The average Bonchev–Trinajstić information content (AvgIpc) is 2.45. The molecule has 3 N–H and O–H groups in total. The van der Waals surface area contributed by atoms with Crippen LogP contribution in [0.3, 0.4) is 0 Å². The number of carbonyl (C=O) groups excluding carboxylic acids is 1. The van der Waals surface area contributed by atoms with E-state index in [-0.39, 0.29) is 5.91 Å². The molecule has 0 radical (unpaired) electrons. The monoisotopic (exact) mass is 228 g/mol. The van der Waals surface area contributed by atoms with Crippen molar-refractivity contribution in [1.29, 1.82) is 0 Å². The molecule has 0 unspecified atom stereocenters. The van der Waals surface area contributed by atoms with Gasteiger partial charge in [0.25, 0.3) is 0 Å². The minimum Gasteiger partial charge on any atom is -0.355 e. The van der Waals surface area contributed by atoms with E-state index >= 15 is 0 Å². The number of rotatable bonds is 5. The van der Waals surface area contributed by atoms with Crippen molar-refractivity contribution >= 4 is 5.91 Å². The van der Waals surface area contributed by atoms with Gasteiger partial charge in [0, 0.05) is 32.7 Å². The lowest BCUT2D eigenvalue weighted by Crippen LogP contribution is -2.39. The molecule has 0 bridgehead atoms. The Labute approximate surface area is 98.0 Å². The van der Waals surface area contributed by atoms with E-state index in [1.165, 1.54) is 0 Å². The number of nitrogens with zero attached hydrogens (tertiary/aromatic N) is 2. The number of amides is 1. The van der Waals surface area contributed by atoms with Gasteiger partial charge in [-0.3, -0.25) is 9.69 Å².